The van der Waals surface area contributed by atoms with Crippen LogP contribution < -0.4 is 16.0 Å². The maximum Gasteiger partial charge on any atom is 0.261 e. The van der Waals surface area contributed by atoms with Crippen LogP contribution in [-0.2, 0) is 16.1 Å². The number of aromatic nitrogens is 2. The van der Waals surface area contributed by atoms with Gasteiger partial charge in [-0.15, -0.1) is 0 Å². The minimum absolute atomic E-state index is 0.118. The zero-order valence-corrected chi connectivity index (χ0v) is 14.5. The molecule has 1 aromatic carbocycles. The Morgan fingerprint density at radius 2 is 1.92 bits per heavy atom. The predicted molar refractivity (Wildman–Crippen MR) is 94.1 cm³/mol. The molecule has 1 aromatic heterocycles. The van der Waals surface area contributed by atoms with Crippen LogP contribution in [0.15, 0.2) is 35.4 Å². The van der Waals surface area contributed by atoms with Crippen LogP contribution in [0, 0.1) is 11.8 Å². The number of carbonyl (C=O) groups is 2. The van der Waals surface area contributed by atoms with Gasteiger partial charge in [-0.05, 0) is 49.7 Å². The third-order valence-electron chi connectivity index (χ3n) is 5.08. The quantitative estimate of drug-likeness (QED) is 0.810. The molecule has 1 heterocycles. The van der Waals surface area contributed by atoms with E-state index >= 15 is 0 Å². The van der Waals surface area contributed by atoms with Crippen molar-refractivity contribution in [1.29, 1.82) is 0 Å². The third kappa shape index (κ3) is 4.28. The Bertz CT molecular complexity index is 853. The molecule has 1 amide bonds. The van der Waals surface area contributed by atoms with Crippen LogP contribution >= 0.6 is 0 Å². The Labute approximate surface area is 151 Å². The number of nitrogens with one attached hydrogen (secondary N) is 1. The van der Waals surface area contributed by atoms with E-state index in [1.54, 1.807) is 18.2 Å². The molecule has 3 rings (SSSR count). The number of para-hydroxylation sites is 1. The summed E-state index contributed by atoms with van der Waals surface area (Å²) in [6.07, 6.45) is 4.47. The zero-order valence-electron chi connectivity index (χ0n) is 14.5. The molecule has 7 nitrogen and oxygen atoms in total. The molecule has 26 heavy (non-hydrogen) atoms. The maximum absolute atomic E-state index is 12.4. The summed E-state index contributed by atoms with van der Waals surface area (Å²) in [5.41, 5.74) is 0.495. The molecule has 0 radical (unpaired) electrons. The molecule has 0 saturated heterocycles. The molecular formula is C19H22N3O4-. The van der Waals surface area contributed by atoms with Gasteiger partial charge < -0.3 is 15.2 Å². The molecule has 0 atom stereocenters. The van der Waals surface area contributed by atoms with E-state index in [4.69, 9.17) is 0 Å². The molecular weight excluding hydrogens is 334 g/mol. The van der Waals surface area contributed by atoms with E-state index in [2.05, 4.69) is 10.3 Å². The van der Waals surface area contributed by atoms with E-state index in [1.807, 2.05) is 6.07 Å². The van der Waals surface area contributed by atoms with Crippen molar-refractivity contribution >= 4 is 22.8 Å². The van der Waals surface area contributed by atoms with E-state index < -0.39 is 5.97 Å². The average Bonchev–Trinajstić information content (AvgIpc) is 2.66. The summed E-state index contributed by atoms with van der Waals surface area (Å²) in [7, 11) is 0. The van der Waals surface area contributed by atoms with E-state index in [1.165, 1.54) is 10.9 Å². The average molecular weight is 356 g/mol. The monoisotopic (exact) mass is 356 g/mol. The van der Waals surface area contributed by atoms with Crippen molar-refractivity contribution in [2.45, 2.75) is 38.6 Å². The van der Waals surface area contributed by atoms with Gasteiger partial charge in [0, 0.05) is 25.5 Å². The van der Waals surface area contributed by atoms with Crippen LogP contribution in [0.3, 0.4) is 0 Å². The van der Waals surface area contributed by atoms with Crippen molar-refractivity contribution in [1.82, 2.24) is 14.9 Å². The molecule has 0 aliphatic heterocycles. The number of aliphatic carboxylic acids is 1. The first kappa shape index (κ1) is 18.1. The van der Waals surface area contributed by atoms with Crippen LogP contribution in [0.25, 0.3) is 10.9 Å². The largest absolute Gasteiger partial charge is 0.550 e. The number of carboxylic acids is 1. The SMILES string of the molecule is O=C(CCn1cnc2ccccc2c1=O)NCC1CCC(C(=O)[O-])CC1. The van der Waals surface area contributed by atoms with E-state index in [-0.39, 0.29) is 30.3 Å². The standard InChI is InChI=1S/C19H23N3O4/c23-17(20-11-13-5-7-14(8-6-13)19(25)26)9-10-22-12-21-16-4-2-1-3-15(16)18(22)24/h1-4,12-14H,5-11H2,(H,20,23)(H,25,26)/p-1. The summed E-state index contributed by atoms with van der Waals surface area (Å²) in [6.45, 7) is 0.823. The first-order chi connectivity index (χ1) is 12.5. The second-order valence-electron chi connectivity index (χ2n) is 6.85. The summed E-state index contributed by atoms with van der Waals surface area (Å²) in [6, 6.07) is 7.12. The number of rotatable bonds is 6. The molecule has 7 heteroatoms. The predicted octanol–water partition coefficient (Wildman–Crippen LogP) is 0.459. The Morgan fingerprint density at radius 1 is 1.19 bits per heavy atom. The molecule has 138 valence electrons. The molecule has 1 aliphatic rings. The van der Waals surface area contributed by atoms with Gasteiger partial charge in [0.2, 0.25) is 5.91 Å². The second kappa shape index (κ2) is 8.12. The molecule has 2 aromatic rings. The van der Waals surface area contributed by atoms with Crippen molar-refractivity contribution in [3.8, 4) is 0 Å². The summed E-state index contributed by atoms with van der Waals surface area (Å²) >= 11 is 0. The lowest BCUT2D eigenvalue weighted by Crippen LogP contribution is -2.37. The van der Waals surface area contributed by atoms with Gasteiger partial charge in [-0.3, -0.25) is 14.2 Å². The van der Waals surface area contributed by atoms with Gasteiger partial charge in [-0.2, -0.15) is 0 Å². The fourth-order valence-corrected chi connectivity index (χ4v) is 3.44. The Balaban J connectivity index is 1.47. The third-order valence-corrected chi connectivity index (χ3v) is 5.08. The topological polar surface area (TPSA) is 104 Å². The molecule has 0 spiro atoms. The summed E-state index contributed by atoms with van der Waals surface area (Å²) in [4.78, 5) is 39.5. The van der Waals surface area contributed by atoms with Crippen molar-refractivity contribution in [3.05, 3.63) is 40.9 Å². The molecule has 1 aliphatic carbocycles. The number of aryl methyl sites for hydroxylation is 1. The van der Waals surface area contributed by atoms with Gasteiger partial charge >= 0.3 is 0 Å². The highest BCUT2D eigenvalue weighted by Gasteiger charge is 2.22. The Hall–Kier alpha value is -2.70. The summed E-state index contributed by atoms with van der Waals surface area (Å²) in [5.74, 6) is -1.14. The minimum Gasteiger partial charge on any atom is -0.550 e. The van der Waals surface area contributed by atoms with Crippen LogP contribution in [0.4, 0.5) is 0 Å². The highest BCUT2D eigenvalue weighted by molar-refractivity contribution is 5.77. The highest BCUT2D eigenvalue weighted by Crippen LogP contribution is 2.27. The smallest absolute Gasteiger partial charge is 0.261 e. The fraction of sp³-hybridized carbons (Fsp3) is 0.474. The number of carbonyl (C=O) groups excluding carboxylic acids is 2. The second-order valence-corrected chi connectivity index (χ2v) is 6.85. The molecule has 0 unspecified atom stereocenters. The lowest BCUT2D eigenvalue weighted by molar-refractivity contribution is -0.312. The molecule has 1 fully saturated rings. The number of benzene rings is 1. The number of nitrogens with zero attached hydrogens (tertiary/aromatic N) is 2. The summed E-state index contributed by atoms with van der Waals surface area (Å²) in [5, 5.41) is 14.3. The number of hydrogen-bond acceptors (Lipinski definition) is 5. The number of amides is 1. The van der Waals surface area contributed by atoms with Crippen molar-refractivity contribution in [3.63, 3.8) is 0 Å². The van der Waals surface area contributed by atoms with Crippen LogP contribution in [0.1, 0.15) is 32.1 Å². The number of fused-ring (bicyclic) bond motifs is 1. The summed E-state index contributed by atoms with van der Waals surface area (Å²) < 4.78 is 1.45. The van der Waals surface area contributed by atoms with Gasteiger partial charge in [0.15, 0.2) is 0 Å². The number of carboxylic acid groups (broad SMARTS) is 1. The van der Waals surface area contributed by atoms with Crippen LogP contribution in [-0.4, -0.2) is 28.0 Å². The normalized spacial score (nSPS) is 20.0. The van der Waals surface area contributed by atoms with E-state index in [0.29, 0.717) is 36.2 Å². The molecule has 1 N–H and O–H groups in total. The fourth-order valence-electron chi connectivity index (χ4n) is 3.44. The Morgan fingerprint density at radius 3 is 2.65 bits per heavy atom. The van der Waals surface area contributed by atoms with E-state index in [0.717, 1.165) is 12.8 Å². The molecule has 1 saturated carbocycles. The zero-order chi connectivity index (χ0) is 18.5. The van der Waals surface area contributed by atoms with Gasteiger partial charge in [-0.25, -0.2) is 4.98 Å². The first-order valence-corrected chi connectivity index (χ1v) is 8.96. The van der Waals surface area contributed by atoms with Crippen molar-refractivity contribution in [2.75, 3.05) is 6.54 Å². The first-order valence-electron chi connectivity index (χ1n) is 8.96. The van der Waals surface area contributed by atoms with Gasteiger partial charge in [0.05, 0.1) is 17.2 Å². The van der Waals surface area contributed by atoms with E-state index in [9.17, 15) is 19.5 Å². The minimum atomic E-state index is -0.970. The number of hydrogen-bond donors (Lipinski definition) is 1. The lowest BCUT2D eigenvalue weighted by atomic mass is 9.82. The molecule has 0 bridgehead atoms. The van der Waals surface area contributed by atoms with Gasteiger partial charge in [0.1, 0.15) is 0 Å². The van der Waals surface area contributed by atoms with Crippen LogP contribution in [0.2, 0.25) is 0 Å². The van der Waals surface area contributed by atoms with Gasteiger partial charge in [0.25, 0.3) is 5.56 Å². The highest BCUT2D eigenvalue weighted by atomic mass is 16.4. The van der Waals surface area contributed by atoms with Crippen molar-refractivity contribution < 1.29 is 14.7 Å². The lowest BCUT2D eigenvalue weighted by Gasteiger charge is -2.29. The maximum atomic E-state index is 12.4. The van der Waals surface area contributed by atoms with Crippen LogP contribution in [0.5, 0.6) is 0 Å². The van der Waals surface area contributed by atoms with Gasteiger partial charge in [-0.1, -0.05) is 12.1 Å². The van der Waals surface area contributed by atoms with Crippen molar-refractivity contribution in [2.24, 2.45) is 11.8 Å². The Kier molecular flexibility index (Phi) is 5.65.